The zero-order valence-electron chi connectivity index (χ0n) is 15.4. The van der Waals surface area contributed by atoms with Gasteiger partial charge in [-0.15, -0.1) is 10.2 Å². The molecule has 3 rings (SSSR count). The summed E-state index contributed by atoms with van der Waals surface area (Å²) in [6, 6.07) is 3.99. The number of rotatable bonds is 3. The van der Waals surface area contributed by atoms with Crippen LogP contribution in [0.1, 0.15) is 34.5 Å². The number of alkyl halides is 3. The van der Waals surface area contributed by atoms with Gasteiger partial charge < -0.3 is 15.1 Å². The number of aromatic nitrogens is 2. The Kier molecular flexibility index (Phi) is 5.45. The number of ketones is 1. The highest BCUT2D eigenvalue weighted by Crippen LogP contribution is 2.36. The van der Waals surface area contributed by atoms with Gasteiger partial charge in [0.1, 0.15) is 11.4 Å². The van der Waals surface area contributed by atoms with E-state index >= 15 is 0 Å². The van der Waals surface area contributed by atoms with Crippen LogP contribution in [0, 0.1) is 12.8 Å². The number of Topliss-reactive ketones (excluding diaryl/α,β-unsaturated/α-hetero) is 1. The van der Waals surface area contributed by atoms with Crippen LogP contribution in [0.3, 0.4) is 0 Å². The molecule has 7 nitrogen and oxygen atoms in total. The molecule has 2 heterocycles. The Morgan fingerprint density at radius 1 is 1.21 bits per heavy atom. The molecule has 0 saturated carbocycles. The number of aryl methyl sites for hydroxylation is 1. The van der Waals surface area contributed by atoms with Crippen molar-refractivity contribution < 1.29 is 33.0 Å². The Bertz CT molecular complexity index is 962. The summed E-state index contributed by atoms with van der Waals surface area (Å²) in [4.78, 5) is 25.0. The molecule has 0 spiro atoms. The maximum atomic E-state index is 12.8. The van der Waals surface area contributed by atoms with Crippen LogP contribution in [0.5, 0.6) is 5.75 Å². The molecule has 1 unspecified atom stereocenters. The summed E-state index contributed by atoms with van der Waals surface area (Å²) in [5.74, 6) is -1.46. The highest BCUT2D eigenvalue weighted by atomic mass is 19.4. The fraction of sp³-hybridized carbons (Fsp3) is 0.368. The standard InChI is InChI=1S/C19H18F3N3O4/c1-10-7-14(17(27)11-3-2-6-25(9-11)18(28)29)23-24-16(10)13-5-4-12(8-15(13)26)19(20,21)22/h4-5,7-8,11,26H,2-3,6,9H2,1H3,(H,28,29). The van der Waals surface area contributed by atoms with Gasteiger partial charge in [-0.25, -0.2) is 4.79 Å². The number of hydrogen-bond donors (Lipinski definition) is 2. The average Bonchev–Trinajstić information content (AvgIpc) is 2.67. The SMILES string of the molecule is Cc1cc(C(=O)C2CCCN(C(=O)O)C2)nnc1-c1ccc(C(F)(F)F)cc1O. The van der Waals surface area contributed by atoms with Crippen molar-refractivity contribution in [2.75, 3.05) is 13.1 Å². The molecule has 29 heavy (non-hydrogen) atoms. The Labute approximate surface area is 163 Å². The molecule has 1 aliphatic heterocycles. The van der Waals surface area contributed by atoms with Gasteiger partial charge in [0.2, 0.25) is 0 Å². The Hall–Kier alpha value is -3.17. The first kappa shape index (κ1) is 20.6. The Morgan fingerprint density at radius 3 is 2.52 bits per heavy atom. The lowest BCUT2D eigenvalue weighted by atomic mass is 9.91. The fourth-order valence-corrected chi connectivity index (χ4v) is 3.35. The molecule has 0 bridgehead atoms. The first-order chi connectivity index (χ1) is 13.6. The van der Waals surface area contributed by atoms with E-state index in [0.29, 0.717) is 31.0 Å². The number of likely N-dealkylation sites (tertiary alicyclic amines) is 1. The number of phenolic OH excluding ortho intramolecular Hbond substituents is 1. The monoisotopic (exact) mass is 409 g/mol. The predicted octanol–water partition coefficient (Wildman–Crippen LogP) is 3.75. The number of carbonyl (C=O) groups is 2. The van der Waals surface area contributed by atoms with Gasteiger partial charge in [-0.1, -0.05) is 0 Å². The van der Waals surface area contributed by atoms with Crippen LogP contribution in [0.25, 0.3) is 11.3 Å². The summed E-state index contributed by atoms with van der Waals surface area (Å²) in [5, 5.41) is 26.9. The number of piperidine rings is 1. The van der Waals surface area contributed by atoms with Gasteiger partial charge in [-0.3, -0.25) is 4.79 Å². The molecule has 1 aliphatic rings. The van der Waals surface area contributed by atoms with Crippen molar-refractivity contribution in [2.24, 2.45) is 5.92 Å². The third kappa shape index (κ3) is 4.30. The summed E-state index contributed by atoms with van der Waals surface area (Å²) >= 11 is 0. The Balaban J connectivity index is 1.85. The lowest BCUT2D eigenvalue weighted by Crippen LogP contribution is -2.41. The molecule has 0 radical (unpaired) electrons. The summed E-state index contributed by atoms with van der Waals surface area (Å²) in [5.41, 5.74) is -0.268. The van der Waals surface area contributed by atoms with Gasteiger partial charge in [0.25, 0.3) is 0 Å². The second kappa shape index (κ2) is 7.69. The first-order valence-electron chi connectivity index (χ1n) is 8.85. The van der Waals surface area contributed by atoms with E-state index < -0.39 is 29.5 Å². The summed E-state index contributed by atoms with van der Waals surface area (Å²) in [6.07, 6.45) is -4.58. The number of nitrogens with zero attached hydrogens (tertiary/aromatic N) is 3. The zero-order valence-corrected chi connectivity index (χ0v) is 15.4. The molecule has 1 aromatic carbocycles. The molecule has 154 valence electrons. The quantitative estimate of drug-likeness (QED) is 0.749. The predicted molar refractivity (Wildman–Crippen MR) is 95.5 cm³/mol. The van der Waals surface area contributed by atoms with E-state index in [1.165, 1.54) is 11.0 Å². The van der Waals surface area contributed by atoms with Crippen LogP contribution >= 0.6 is 0 Å². The van der Waals surface area contributed by atoms with Crippen LogP contribution in [0.4, 0.5) is 18.0 Å². The van der Waals surface area contributed by atoms with Gasteiger partial charge in [-0.05, 0) is 49.6 Å². The number of carboxylic acid groups (broad SMARTS) is 1. The maximum absolute atomic E-state index is 12.8. The number of aromatic hydroxyl groups is 1. The third-order valence-electron chi connectivity index (χ3n) is 4.88. The Morgan fingerprint density at radius 2 is 1.93 bits per heavy atom. The number of carbonyl (C=O) groups excluding carboxylic acids is 1. The fourth-order valence-electron chi connectivity index (χ4n) is 3.35. The smallest absolute Gasteiger partial charge is 0.416 e. The number of benzene rings is 1. The molecule has 10 heteroatoms. The highest BCUT2D eigenvalue weighted by molar-refractivity contribution is 5.96. The van der Waals surface area contributed by atoms with Gasteiger partial charge in [-0.2, -0.15) is 13.2 Å². The van der Waals surface area contributed by atoms with E-state index in [-0.39, 0.29) is 29.3 Å². The van der Waals surface area contributed by atoms with E-state index in [9.17, 15) is 27.9 Å². The third-order valence-corrected chi connectivity index (χ3v) is 4.88. The average molecular weight is 409 g/mol. The first-order valence-corrected chi connectivity index (χ1v) is 8.85. The van der Waals surface area contributed by atoms with E-state index in [1.54, 1.807) is 6.92 Å². The normalized spacial score (nSPS) is 17.2. The minimum atomic E-state index is -4.59. The van der Waals surface area contributed by atoms with E-state index in [2.05, 4.69) is 10.2 Å². The molecule has 1 aromatic heterocycles. The molecule has 2 aromatic rings. The molecule has 1 atom stereocenters. The molecule has 1 saturated heterocycles. The van der Waals surface area contributed by atoms with Crippen molar-refractivity contribution >= 4 is 11.9 Å². The van der Waals surface area contributed by atoms with Crippen LogP contribution < -0.4 is 0 Å². The van der Waals surface area contributed by atoms with E-state index in [1.807, 2.05) is 0 Å². The van der Waals surface area contributed by atoms with E-state index in [0.717, 1.165) is 12.1 Å². The lowest BCUT2D eigenvalue weighted by molar-refractivity contribution is -0.137. The van der Waals surface area contributed by atoms with Gasteiger partial charge in [0.05, 0.1) is 11.3 Å². The van der Waals surface area contributed by atoms with E-state index in [4.69, 9.17) is 5.11 Å². The van der Waals surface area contributed by atoms with Crippen molar-refractivity contribution in [1.82, 2.24) is 15.1 Å². The van der Waals surface area contributed by atoms with Crippen molar-refractivity contribution in [1.29, 1.82) is 0 Å². The van der Waals surface area contributed by atoms with Crippen molar-refractivity contribution in [2.45, 2.75) is 25.9 Å². The molecule has 0 aliphatic carbocycles. The number of amides is 1. The molecular weight excluding hydrogens is 391 g/mol. The number of halogens is 3. The van der Waals surface area contributed by atoms with Crippen LogP contribution in [-0.2, 0) is 6.18 Å². The number of hydrogen-bond acceptors (Lipinski definition) is 5. The topological polar surface area (TPSA) is 104 Å². The van der Waals surface area contributed by atoms with Crippen molar-refractivity contribution in [3.63, 3.8) is 0 Å². The lowest BCUT2D eigenvalue weighted by Gasteiger charge is -2.29. The summed E-state index contributed by atoms with van der Waals surface area (Å²) < 4.78 is 38.3. The zero-order chi connectivity index (χ0) is 21.3. The van der Waals surface area contributed by atoms with Crippen molar-refractivity contribution in [3.05, 3.63) is 41.1 Å². The van der Waals surface area contributed by atoms with Crippen LogP contribution in [0.2, 0.25) is 0 Å². The minimum Gasteiger partial charge on any atom is -0.507 e. The second-order valence-corrected chi connectivity index (χ2v) is 6.92. The van der Waals surface area contributed by atoms with Gasteiger partial charge >= 0.3 is 12.3 Å². The number of phenols is 1. The van der Waals surface area contributed by atoms with Gasteiger partial charge in [0.15, 0.2) is 5.78 Å². The summed E-state index contributed by atoms with van der Waals surface area (Å²) in [7, 11) is 0. The maximum Gasteiger partial charge on any atom is 0.416 e. The summed E-state index contributed by atoms with van der Waals surface area (Å²) in [6.45, 7) is 2.05. The minimum absolute atomic E-state index is 0.0508. The molecule has 1 amide bonds. The van der Waals surface area contributed by atoms with Crippen LogP contribution in [-0.4, -0.2) is 50.3 Å². The largest absolute Gasteiger partial charge is 0.507 e. The molecule has 2 N–H and O–H groups in total. The highest BCUT2D eigenvalue weighted by Gasteiger charge is 2.32. The molecule has 1 fully saturated rings. The molecular formula is C19H18F3N3O4. The van der Waals surface area contributed by atoms with Gasteiger partial charge in [0, 0.05) is 24.6 Å². The van der Waals surface area contributed by atoms with Crippen molar-refractivity contribution in [3.8, 4) is 17.0 Å². The second-order valence-electron chi connectivity index (χ2n) is 6.92. The van der Waals surface area contributed by atoms with Crippen LogP contribution in [0.15, 0.2) is 24.3 Å².